The number of rotatable bonds is 6. The summed E-state index contributed by atoms with van der Waals surface area (Å²) < 4.78 is 12.1. The number of nitrogen functional groups attached to an aromatic ring is 1. The lowest BCUT2D eigenvalue weighted by atomic mass is 9.93. The normalized spacial score (nSPS) is 19.3. The van der Waals surface area contributed by atoms with Gasteiger partial charge in [-0.1, -0.05) is 35.8 Å². The van der Waals surface area contributed by atoms with E-state index in [-0.39, 0.29) is 24.7 Å². The van der Waals surface area contributed by atoms with Crippen molar-refractivity contribution in [2.75, 3.05) is 18.2 Å². The van der Waals surface area contributed by atoms with E-state index in [0.717, 1.165) is 30.4 Å². The van der Waals surface area contributed by atoms with Gasteiger partial charge in [-0.15, -0.1) is 0 Å². The fourth-order valence-electron chi connectivity index (χ4n) is 3.40. The van der Waals surface area contributed by atoms with Gasteiger partial charge in [-0.2, -0.15) is 0 Å². The summed E-state index contributed by atoms with van der Waals surface area (Å²) in [4.78, 5) is 12.6. The predicted molar refractivity (Wildman–Crippen MR) is 114 cm³/mol. The number of anilines is 2. The standard InChI is InChI=1S/C19H22ClN5O3S/c1-27-14-8-13(28-9-10-6-7-22-18(21)23-10)15(20)17-16(14)25-19(29-17)24-11-4-2-3-5-12(11)26/h6-8,11-12,26H,2-5,9H2,1H3,(H,24,25)(H2,21,22,23)/t11-,12-/m0/s1. The number of fused-ring (bicyclic) bond motifs is 1. The van der Waals surface area contributed by atoms with Crippen LogP contribution in [-0.2, 0) is 6.61 Å². The van der Waals surface area contributed by atoms with Gasteiger partial charge in [-0.25, -0.2) is 15.0 Å². The summed E-state index contributed by atoms with van der Waals surface area (Å²) >= 11 is 8.02. The average molecular weight is 436 g/mol. The SMILES string of the molecule is COc1cc(OCc2ccnc(N)n2)c(Cl)c2sc(N[C@H]3CCCC[C@@H]3O)nc12. The molecule has 1 saturated carbocycles. The first-order valence-corrected chi connectivity index (χ1v) is 10.6. The number of nitrogens with two attached hydrogens (primary N) is 1. The number of halogens is 1. The molecule has 1 aromatic carbocycles. The minimum atomic E-state index is -0.368. The molecule has 8 nitrogen and oxygen atoms in total. The lowest BCUT2D eigenvalue weighted by molar-refractivity contribution is 0.116. The van der Waals surface area contributed by atoms with E-state index in [2.05, 4.69) is 20.3 Å². The van der Waals surface area contributed by atoms with Gasteiger partial charge >= 0.3 is 0 Å². The van der Waals surface area contributed by atoms with Gasteiger partial charge in [0.05, 0.1) is 29.6 Å². The molecule has 3 aromatic rings. The van der Waals surface area contributed by atoms with Crippen molar-refractivity contribution >= 4 is 44.2 Å². The summed E-state index contributed by atoms with van der Waals surface area (Å²) in [6.45, 7) is 0.194. The summed E-state index contributed by atoms with van der Waals surface area (Å²) in [5.41, 5.74) is 6.92. The Morgan fingerprint density at radius 2 is 2.14 bits per heavy atom. The second-order valence-electron chi connectivity index (χ2n) is 6.89. The van der Waals surface area contributed by atoms with E-state index in [1.807, 2.05) is 0 Å². The van der Waals surface area contributed by atoms with E-state index >= 15 is 0 Å². The minimum Gasteiger partial charge on any atom is -0.494 e. The van der Waals surface area contributed by atoms with Gasteiger partial charge < -0.3 is 25.6 Å². The van der Waals surface area contributed by atoms with Crippen molar-refractivity contribution in [2.24, 2.45) is 0 Å². The highest BCUT2D eigenvalue weighted by molar-refractivity contribution is 7.22. The molecule has 4 N–H and O–H groups in total. The largest absolute Gasteiger partial charge is 0.494 e. The van der Waals surface area contributed by atoms with E-state index in [4.69, 9.17) is 26.8 Å². The smallest absolute Gasteiger partial charge is 0.220 e. The number of aromatic nitrogens is 3. The Bertz CT molecular complexity index is 1010. The number of hydrogen-bond donors (Lipinski definition) is 3. The van der Waals surface area contributed by atoms with E-state index in [1.54, 1.807) is 25.4 Å². The average Bonchev–Trinajstić information content (AvgIpc) is 3.14. The molecule has 2 heterocycles. The third-order valence-electron chi connectivity index (χ3n) is 4.90. The zero-order valence-electron chi connectivity index (χ0n) is 15.9. The van der Waals surface area contributed by atoms with Crippen LogP contribution in [0.2, 0.25) is 5.02 Å². The molecule has 2 aromatic heterocycles. The Balaban J connectivity index is 1.60. The quantitative estimate of drug-likeness (QED) is 0.537. The van der Waals surface area contributed by atoms with Crippen molar-refractivity contribution in [3.63, 3.8) is 0 Å². The van der Waals surface area contributed by atoms with Crippen molar-refractivity contribution in [1.29, 1.82) is 0 Å². The molecular weight excluding hydrogens is 414 g/mol. The number of nitrogens with one attached hydrogen (secondary N) is 1. The highest BCUT2D eigenvalue weighted by Crippen LogP contribution is 2.43. The zero-order chi connectivity index (χ0) is 20.4. The van der Waals surface area contributed by atoms with E-state index in [9.17, 15) is 5.11 Å². The van der Waals surface area contributed by atoms with Gasteiger partial charge in [0.2, 0.25) is 5.95 Å². The van der Waals surface area contributed by atoms with E-state index < -0.39 is 0 Å². The first kappa shape index (κ1) is 19.9. The number of nitrogens with zero attached hydrogens (tertiary/aromatic N) is 3. The summed E-state index contributed by atoms with van der Waals surface area (Å²) in [5, 5.41) is 14.7. The summed E-state index contributed by atoms with van der Waals surface area (Å²) in [6.07, 6.45) is 5.07. The van der Waals surface area contributed by atoms with Crippen molar-refractivity contribution in [3.05, 3.63) is 29.0 Å². The molecule has 0 aliphatic heterocycles. The summed E-state index contributed by atoms with van der Waals surface area (Å²) in [6, 6.07) is 3.44. The van der Waals surface area contributed by atoms with Gasteiger partial charge in [-0.3, -0.25) is 0 Å². The van der Waals surface area contributed by atoms with Crippen LogP contribution in [0, 0.1) is 0 Å². The number of hydrogen-bond acceptors (Lipinski definition) is 9. The molecule has 0 radical (unpaired) electrons. The maximum atomic E-state index is 10.2. The van der Waals surface area contributed by atoms with Crippen molar-refractivity contribution in [2.45, 2.75) is 44.4 Å². The molecule has 1 aliphatic rings. The molecule has 0 spiro atoms. The first-order valence-electron chi connectivity index (χ1n) is 9.37. The Labute approximate surface area is 177 Å². The minimum absolute atomic E-state index is 0.00646. The number of benzene rings is 1. The van der Waals surface area contributed by atoms with Crippen LogP contribution in [0.15, 0.2) is 18.3 Å². The van der Waals surface area contributed by atoms with Crippen LogP contribution in [-0.4, -0.2) is 39.3 Å². The third kappa shape index (κ3) is 4.31. The highest BCUT2D eigenvalue weighted by atomic mass is 35.5. The molecule has 154 valence electrons. The predicted octanol–water partition coefficient (Wildman–Crippen LogP) is 3.62. The van der Waals surface area contributed by atoms with Crippen LogP contribution in [0.3, 0.4) is 0 Å². The Morgan fingerprint density at radius 1 is 1.31 bits per heavy atom. The summed E-state index contributed by atoms with van der Waals surface area (Å²) in [7, 11) is 1.58. The number of aliphatic hydroxyl groups is 1. The van der Waals surface area contributed by atoms with Gasteiger partial charge in [-0.05, 0) is 18.9 Å². The van der Waals surface area contributed by atoms with Crippen molar-refractivity contribution < 1.29 is 14.6 Å². The fraction of sp³-hybridized carbons (Fsp3) is 0.421. The van der Waals surface area contributed by atoms with Crippen molar-refractivity contribution in [1.82, 2.24) is 15.0 Å². The molecule has 0 saturated heterocycles. The van der Waals surface area contributed by atoms with E-state index in [0.29, 0.717) is 32.9 Å². The first-order chi connectivity index (χ1) is 14.0. The van der Waals surface area contributed by atoms with Crippen LogP contribution in [0.1, 0.15) is 31.4 Å². The second kappa shape index (κ2) is 8.56. The van der Waals surface area contributed by atoms with Crippen molar-refractivity contribution in [3.8, 4) is 11.5 Å². The second-order valence-corrected chi connectivity index (χ2v) is 8.26. The lowest BCUT2D eigenvalue weighted by Gasteiger charge is -2.27. The number of ether oxygens (including phenoxy) is 2. The van der Waals surface area contributed by atoms with Crippen LogP contribution in [0.5, 0.6) is 11.5 Å². The molecule has 1 aliphatic carbocycles. The zero-order valence-corrected chi connectivity index (χ0v) is 17.5. The molecule has 29 heavy (non-hydrogen) atoms. The summed E-state index contributed by atoms with van der Waals surface area (Å²) in [5.74, 6) is 1.23. The Kier molecular flexibility index (Phi) is 5.89. The maximum absolute atomic E-state index is 10.2. The Morgan fingerprint density at radius 3 is 2.90 bits per heavy atom. The molecule has 0 unspecified atom stereocenters. The molecule has 2 atom stereocenters. The number of thiazole rings is 1. The topological polar surface area (TPSA) is 115 Å². The van der Waals surface area contributed by atoms with Crippen LogP contribution in [0.25, 0.3) is 10.2 Å². The fourth-order valence-corrected chi connectivity index (χ4v) is 4.69. The van der Waals surface area contributed by atoms with E-state index in [1.165, 1.54) is 11.3 Å². The van der Waals surface area contributed by atoms with Gasteiger partial charge in [0.1, 0.15) is 28.6 Å². The number of aliphatic hydroxyl groups excluding tert-OH is 1. The molecule has 0 amide bonds. The van der Waals surface area contributed by atoms with Gasteiger partial charge in [0.25, 0.3) is 0 Å². The monoisotopic (exact) mass is 435 g/mol. The Hall–Kier alpha value is -2.36. The lowest BCUT2D eigenvalue weighted by Crippen LogP contribution is -2.36. The molecule has 0 bridgehead atoms. The van der Waals surface area contributed by atoms with Gasteiger partial charge in [0.15, 0.2) is 5.13 Å². The molecule has 1 fully saturated rings. The molecular formula is C19H22ClN5O3S. The van der Waals surface area contributed by atoms with Gasteiger partial charge in [0, 0.05) is 12.3 Å². The maximum Gasteiger partial charge on any atom is 0.220 e. The van der Waals surface area contributed by atoms with Crippen LogP contribution >= 0.6 is 22.9 Å². The van der Waals surface area contributed by atoms with Crippen LogP contribution in [0.4, 0.5) is 11.1 Å². The highest BCUT2D eigenvalue weighted by Gasteiger charge is 2.25. The van der Waals surface area contributed by atoms with Crippen LogP contribution < -0.4 is 20.5 Å². The third-order valence-corrected chi connectivity index (χ3v) is 6.40. The number of methoxy groups -OCH3 is 1. The molecule has 10 heteroatoms. The molecule has 4 rings (SSSR count).